The highest BCUT2D eigenvalue weighted by atomic mass is 16.5. The van der Waals surface area contributed by atoms with Gasteiger partial charge in [-0.25, -0.2) is 0 Å². The van der Waals surface area contributed by atoms with Gasteiger partial charge in [0.05, 0.1) is 18.4 Å². The summed E-state index contributed by atoms with van der Waals surface area (Å²) in [6, 6.07) is 7.31. The molecule has 0 spiro atoms. The van der Waals surface area contributed by atoms with Crippen LogP contribution in [-0.2, 0) is 6.42 Å². The lowest BCUT2D eigenvalue weighted by molar-refractivity contribution is 0.103. The standard InChI is InChI=1S/C20H19NO4/c1-4-23-18-9-14-7-12(2)25-19(14)10-15(18)8-16(11-21)20(22)17-5-6-24-13(17)3/h5-6,8-10,12H,4,7H2,1-3H3/b16-8+/t12-/m1/s1. The maximum Gasteiger partial charge on any atom is 0.207 e. The average Bonchev–Trinajstić information content (AvgIpc) is 3.16. The predicted molar refractivity (Wildman–Crippen MR) is 92.8 cm³/mol. The number of carbonyl (C=O) groups excluding carboxylic acids is 1. The first kappa shape index (κ1) is 16.8. The van der Waals surface area contributed by atoms with Crippen LogP contribution in [0.2, 0.25) is 0 Å². The van der Waals surface area contributed by atoms with E-state index in [1.54, 1.807) is 19.1 Å². The lowest BCUT2D eigenvalue weighted by atomic mass is 10.0. The Morgan fingerprint density at radius 2 is 2.28 bits per heavy atom. The second-order valence-corrected chi connectivity index (χ2v) is 5.95. The van der Waals surface area contributed by atoms with Gasteiger partial charge in [-0.3, -0.25) is 4.79 Å². The number of carbonyl (C=O) groups is 1. The van der Waals surface area contributed by atoms with E-state index in [0.717, 1.165) is 17.7 Å². The van der Waals surface area contributed by atoms with Crippen LogP contribution < -0.4 is 9.47 Å². The Morgan fingerprint density at radius 1 is 1.48 bits per heavy atom. The summed E-state index contributed by atoms with van der Waals surface area (Å²) in [5, 5.41) is 9.46. The Kier molecular flexibility index (Phi) is 4.62. The number of fused-ring (bicyclic) bond motifs is 1. The first-order valence-corrected chi connectivity index (χ1v) is 8.20. The molecule has 25 heavy (non-hydrogen) atoms. The van der Waals surface area contributed by atoms with Gasteiger partial charge in [-0.15, -0.1) is 0 Å². The van der Waals surface area contributed by atoms with Gasteiger partial charge < -0.3 is 13.9 Å². The third kappa shape index (κ3) is 3.29. The molecule has 0 radical (unpaired) electrons. The number of ketones is 1. The average molecular weight is 337 g/mol. The Labute approximate surface area is 146 Å². The van der Waals surface area contributed by atoms with E-state index in [9.17, 15) is 10.1 Å². The number of aryl methyl sites for hydroxylation is 1. The van der Waals surface area contributed by atoms with Crippen LogP contribution in [0.4, 0.5) is 0 Å². The highest BCUT2D eigenvalue weighted by molar-refractivity contribution is 6.14. The fourth-order valence-corrected chi connectivity index (χ4v) is 2.92. The van der Waals surface area contributed by atoms with E-state index in [2.05, 4.69) is 0 Å². The van der Waals surface area contributed by atoms with Crippen molar-refractivity contribution < 1.29 is 18.7 Å². The van der Waals surface area contributed by atoms with Crippen LogP contribution in [0.3, 0.4) is 0 Å². The van der Waals surface area contributed by atoms with Crippen LogP contribution in [0.5, 0.6) is 11.5 Å². The molecule has 1 aromatic carbocycles. The molecule has 0 saturated heterocycles. The number of benzene rings is 1. The molecule has 0 N–H and O–H groups in total. The Balaban J connectivity index is 2.04. The zero-order valence-corrected chi connectivity index (χ0v) is 14.5. The van der Waals surface area contributed by atoms with Crippen molar-refractivity contribution in [2.75, 3.05) is 6.61 Å². The normalized spacial score (nSPS) is 16.1. The SMILES string of the molecule is CCOc1cc2c(cc1/C=C(\C#N)C(=O)c1ccoc1C)O[C@H](C)C2. The Morgan fingerprint density at radius 3 is 2.92 bits per heavy atom. The minimum Gasteiger partial charge on any atom is -0.493 e. The van der Waals surface area contributed by atoms with Crippen molar-refractivity contribution in [1.82, 2.24) is 0 Å². The molecule has 5 heteroatoms. The summed E-state index contributed by atoms with van der Waals surface area (Å²) in [5.74, 6) is 1.53. The topological polar surface area (TPSA) is 72.5 Å². The van der Waals surface area contributed by atoms with Gasteiger partial charge in [0.1, 0.15) is 35.0 Å². The summed E-state index contributed by atoms with van der Waals surface area (Å²) in [4.78, 5) is 12.6. The molecule has 0 fully saturated rings. The van der Waals surface area contributed by atoms with Gasteiger partial charge in [0.25, 0.3) is 0 Å². The number of hydrogen-bond donors (Lipinski definition) is 0. The van der Waals surface area contributed by atoms with Crippen LogP contribution in [0.1, 0.15) is 41.1 Å². The quantitative estimate of drug-likeness (QED) is 0.466. The van der Waals surface area contributed by atoms with E-state index in [0.29, 0.717) is 29.2 Å². The maximum atomic E-state index is 12.6. The molecular formula is C20H19NO4. The molecule has 0 bridgehead atoms. The minimum atomic E-state index is -0.369. The first-order valence-electron chi connectivity index (χ1n) is 8.20. The second-order valence-electron chi connectivity index (χ2n) is 5.95. The van der Waals surface area contributed by atoms with Crippen molar-refractivity contribution in [2.24, 2.45) is 0 Å². The molecule has 128 valence electrons. The van der Waals surface area contributed by atoms with Crippen LogP contribution in [0.15, 0.2) is 34.5 Å². The smallest absolute Gasteiger partial charge is 0.207 e. The number of Topliss-reactive ketones (excluding diaryl/α,β-unsaturated/α-hetero) is 1. The highest BCUT2D eigenvalue weighted by Gasteiger charge is 2.23. The van der Waals surface area contributed by atoms with Crippen LogP contribution >= 0.6 is 0 Å². The van der Waals surface area contributed by atoms with Crippen molar-refractivity contribution in [2.45, 2.75) is 33.3 Å². The fourth-order valence-electron chi connectivity index (χ4n) is 2.92. The molecular weight excluding hydrogens is 318 g/mol. The number of allylic oxidation sites excluding steroid dienone is 1. The second kappa shape index (κ2) is 6.86. The molecule has 1 aliphatic rings. The molecule has 1 atom stereocenters. The fraction of sp³-hybridized carbons (Fsp3) is 0.300. The van der Waals surface area contributed by atoms with Crippen LogP contribution in [-0.4, -0.2) is 18.5 Å². The molecule has 5 nitrogen and oxygen atoms in total. The molecule has 0 aliphatic carbocycles. The zero-order chi connectivity index (χ0) is 18.0. The monoisotopic (exact) mass is 337 g/mol. The minimum absolute atomic E-state index is 0.0245. The van der Waals surface area contributed by atoms with Crippen molar-refractivity contribution in [3.05, 3.63) is 52.5 Å². The van der Waals surface area contributed by atoms with Crippen LogP contribution in [0, 0.1) is 18.3 Å². The van der Waals surface area contributed by atoms with Gasteiger partial charge in [0.15, 0.2) is 0 Å². The van der Waals surface area contributed by atoms with E-state index in [-0.39, 0.29) is 17.5 Å². The summed E-state index contributed by atoms with van der Waals surface area (Å²) in [5.41, 5.74) is 2.14. The third-order valence-corrected chi connectivity index (χ3v) is 4.10. The summed E-state index contributed by atoms with van der Waals surface area (Å²) in [6.45, 7) is 6.08. The summed E-state index contributed by atoms with van der Waals surface area (Å²) in [6.07, 6.45) is 3.91. The number of ether oxygens (including phenoxy) is 2. The molecule has 0 unspecified atom stereocenters. The molecule has 2 aromatic rings. The number of nitriles is 1. The highest BCUT2D eigenvalue weighted by Crippen LogP contribution is 2.36. The van der Waals surface area contributed by atoms with E-state index < -0.39 is 0 Å². The Hall–Kier alpha value is -3.00. The molecule has 1 aromatic heterocycles. The maximum absolute atomic E-state index is 12.6. The number of furan rings is 1. The van der Waals surface area contributed by atoms with Crippen molar-refractivity contribution in [1.29, 1.82) is 5.26 Å². The van der Waals surface area contributed by atoms with Crippen LogP contribution in [0.25, 0.3) is 6.08 Å². The lowest BCUT2D eigenvalue weighted by Gasteiger charge is -2.10. The van der Waals surface area contributed by atoms with Gasteiger partial charge >= 0.3 is 0 Å². The molecule has 3 rings (SSSR count). The first-order chi connectivity index (χ1) is 12.0. The van der Waals surface area contributed by atoms with E-state index in [4.69, 9.17) is 13.9 Å². The Bertz CT molecular complexity index is 886. The predicted octanol–water partition coefficient (Wildman–Crippen LogP) is 4.10. The number of rotatable bonds is 5. The largest absolute Gasteiger partial charge is 0.493 e. The molecule has 0 saturated carbocycles. The lowest BCUT2D eigenvalue weighted by Crippen LogP contribution is -2.05. The van der Waals surface area contributed by atoms with Crippen molar-refractivity contribution in [3.8, 4) is 17.6 Å². The van der Waals surface area contributed by atoms with Crippen molar-refractivity contribution >= 4 is 11.9 Å². The summed E-state index contributed by atoms with van der Waals surface area (Å²) < 4.78 is 16.6. The molecule has 2 heterocycles. The van der Waals surface area contributed by atoms with Crippen molar-refractivity contribution in [3.63, 3.8) is 0 Å². The molecule has 0 amide bonds. The number of nitrogens with zero attached hydrogens (tertiary/aromatic N) is 1. The van der Waals surface area contributed by atoms with Gasteiger partial charge in [-0.05, 0) is 45.0 Å². The zero-order valence-electron chi connectivity index (χ0n) is 14.5. The summed E-state index contributed by atoms with van der Waals surface area (Å²) >= 11 is 0. The molecule has 1 aliphatic heterocycles. The summed E-state index contributed by atoms with van der Waals surface area (Å²) in [7, 11) is 0. The van der Waals surface area contributed by atoms with Gasteiger partial charge in [-0.1, -0.05) is 0 Å². The van der Waals surface area contributed by atoms with Gasteiger partial charge in [0.2, 0.25) is 5.78 Å². The number of hydrogen-bond acceptors (Lipinski definition) is 5. The van der Waals surface area contributed by atoms with Gasteiger partial charge in [-0.2, -0.15) is 5.26 Å². The van der Waals surface area contributed by atoms with E-state index >= 15 is 0 Å². The van der Waals surface area contributed by atoms with E-state index in [1.165, 1.54) is 6.26 Å². The van der Waals surface area contributed by atoms with Gasteiger partial charge in [0, 0.05) is 17.5 Å². The third-order valence-electron chi connectivity index (χ3n) is 4.10. The van der Waals surface area contributed by atoms with E-state index in [1.807, 2.05) is 32.0 Å².